The van der Waals surface area contributed by atoms with Crippen LogP contribution in [0.25, 0.3) is 0 Å². The zero-order valence-electron chi connectivity index (χ0n) is 10.9. The van der Waals surface area contributed by atoms with Gasteiger partial charge in [-0.05, 0) is 32.2 Å². The van der Waals surface area contributed by atoms with E-state index < -0.39 is 0 Å². The van der Waals surface area contributed by atoms with Gasteiger partial charge in [0.1, 0.15) is 5.01 Å². The summed E-state index contributed by atoms with van der Waals surface area (Å²) < 4.78 is 0. The largest absolute Gasteiger partial charge is 0.346 e. The van der Waals surface area contributed by atoms with Gasteiger partial charge in [0.15, 0.2) is 0 Å². The Bertz CT molecular complexity index is 350. The van der Waals surface area contributed by atoms with Gasteiger partial charge in [-0.3, -0.25) is 0 Å². The first kappa shape index (κ1) is 12.8. The lowest BCUT2D eigenvalue weighted by Gasteiger charge is -2.32. The summed E-state index contributed by atoms with van der Waals surface area (Å²) in [5.41, 5.74) is 0. The fourth-order valence-corrected chi connectivity index (χ4v) is 2.94. The summed E-state index contributed by atoms with van der Waals surface area (Å²) in [5, 5.41) is 14.0. The van der Waals surface area contributed by atoms with Crippen molar-refractivity contribution in [2.24, 2.45) is 5.92 Å². The molecule has 17 heavy (non-hydrogen) atoms. The molecule has 1 N–H and O–H groups in total. The fraction of sp³-hybridized carbons (Fsp3) is 0.833. The molecule has 0 bridgehead atoms. The SMILES string of the molecule is Cc1nnc(N2CCCC(CNC(C)C)C2)s1. The highest BCUT2D eigenvalue weighted by atomic mass is 32.1. The summed E-state index contributed by atoms with van der Waals surface area (Å²) >= 11 is 1.70. The Morgan fingerprint density at radius 1 is 1.47 bits per heavy atom. The number of hydrogen-bond donors (Lipinski definition) is 1. The third-order valence-electron chi connectivity index (χ3n) is 3.12. The molecule has 1 aromatic rings. The molecule has 1 fully saturated rings. The smallest absolute Gasteiger partial charge is 0.208 e. The van der Waals surface area contributed by atoms with Crippen LogP contribution in [0.2, 0.25) is 0 Å². The Kier molecular flexibility index (Phi) is 4.34. The highest BCUT2D eigenvalue weighted by Gasteiger charge is 2.22. The molecule has 0 aliphatic carbocycles. The van der Waals surface area contributed by atoms with Gasteiger partial charge in [-0.25, -0.2) is 0 Å². The van der Waals surface area contributed by atoms with Gasteiger partial charge >= 0.3 is 0 Å². The monoisotopic (exact) mass is 254 g/mol. The molecule has 1 saturated heterocycles. The van der Waals surface area contributed by atoms with Crippen LogP contribution in [0.15, 0.2) is 0 Å². The maximum Gasteiger partial charge on any atom is 0.208 e. The number of hydrogen-bond acceptors (Lipinski definition) is 5. The average Bonchev–Trinajstić information content (AvgIpc) is 2.74. The molecule has 2 heterocycles. The molecule has 1 aliphatic heterocycles. The lowest BCUT2D eigenvalue weighted by molar-refractivity contribution is 0.379. The van der Waals surface area contributed by atoms with E-state index in [0.717, 1.165) is 35.7 Å². The normalized spacial score (nSPS) is 21.2. The van der Waals surface area contributed by atoms with Crippen LogP contribution < -0.4 is 10.2 Å². The lowest BCUT2D eigenvalue weighted by atomic mass is 9.98. The van der Waals surface area contributed by atoms with E-state index in [1.165, 1.54) is 12.8 Å². The number of anilines is 1. The first-order valence-corrected chi connectivity index (χ1v) is 7.25. The van der Waals surface area contributed by atoms with Crippen molar-refractivity contribution < 1.29 is 0 Å². The maximum atomic E-state index is 4.24. The van der Waals surface area contributed by atoms with Gasteiger partial charge < -0.3 is 10.2 Å². The summed E-state index contributed by atoms with van der Waals surface area (Å²) in [7, 11) is 0. The molecular weight excluding hydrogens is 232 g/mol. The van der Waals surface area contributed by atoms with Gasteiger partial charge in [-0.15, -0.1) is 10.2 Å². The molecule has 0 radical (unpaired) electrons. The second-order valence-electron chi connectivity index (χ2n) is 5.12. The predicted octanol–water partition coefficient (Wildman–Crippen LogP) is 2.06. The molecule has 4 nitrogen and oxygen atoms in total. The van der Waals surface area contributed by atoms with Crippen molar-refractivity contribution in [3.05, 3.63) is 5.01 Å². The van der Waals surface area contributed by atoms with E-state index in [-0.39, 0.29) is 0 Å². The van der Waals surface area contributed by atoms with E-state index in [0.29, 0.717) is 6.04 Å². The van der Waals surface area contributed by atoms with E-state index in [1.807, 2.05) is 6.92 Å². The molecule has 1 aliphatic rings. The molecule has 1 aromatic heterocycles. The van der Waals surface area contributed by atoms with Crippen LogP contribution in [-0.2, 0) is 0 Å². The maximum absolute atomic E-state index is 4.24. The minimum atomic E-state index is 0.578. The van der Waals surface area contributed by atoms with Gasteiger partial charge in [0.05, 0.1) is 0 Å². The molecular formula is C12H22N4S. The average molecular weight is 254 g/mol. The van der Waals surface area contributed by atoms with Gasteiger partial charge in [-0.1, -0.05) is 25.2 Å². The number of rotatable bonds is 4. The van der Waals surface area contributed by atoms with Crippen LogP contribution in [0.4, 0.5) is 5.13 Å². The van der Waals surface area contributed by atoms with Crippen LogP contribution in [0.1, 0.15) is 31.7 Å². The lowest BCUT2D eigenvalue weighted by Crippen LogP contribution is -2.41. The first-order valence-electron chi connectivity index (χ1n) is 6.43. The minimum absolute atomic E-state index is 0.578. The molecule has 5 heteroatoms. The third kappa shape index (κ3) is 3.64. The number of aryl methyl sites for hydroxylation is 1. The van der Waals surface area contributed by atoms with E-state index >= 15 is 0 Å². The van der Waals surface area contributed by atoms with E-state index in [2.05, 4.69) is 34.3 Å². The van der Waals surface area contributed by atoms with Crippen molar-refractivity contribution in [1.82, 2.24) is 15.5 Å². The molecule has 0 saturated carbocycles. The molecule has 0 spiro atoms. The third-order valence-corrected chi connectivity index (χ3v) is 4.02. The van der Waals surface area contributed by atoms with Crippen molar-refractivity contribution >= 4 is 16.5 Å². The number of nitrogens with zero attached hydrogens (tertiary/aromatic N) is 3. The molecule has 0 amide bonds. The second kappa shape index (κ2) is 5.78. The van der Waals surface area contributed by atoms with Crippen LogP contribution in [0.5, 0.6) is 0 Å². The second-order valence-corrected chi connectivity index (χ2v) is 6.28. The summed E-state index contributed by atoms with van der Waals surface area (Å²) in [6.07, 6.45) is 2.59. The Hall–Kier alpha value is -0.680. The van der Waals surface area contributed by atoms with E-state index in [9.17, 15) is 0 Å². The highest BCUT2D eigenvalue weighted by Crippen LogP contribution is 2.25. The van der Waals surface area contributed by atoms with Crippen molar-refractivity contribution in [3.8, 4) is 0 Å². The Labute approximate surface area is 107 Å². The van der Waals surface area contributed by atoms with Crippen molar-refractivity contribution in [1.29, 1.82) is 0 Å². The predicted molar refractivity (Wildman–Crippen MR) is 72.7 cm³/mol. The Balaban J connectivity index is 1.88. The highest BCUT2D eigenvalue weighted by molar-refractivity contribution is 7.15. The minimum Gasteiger partial charge on any atom is -0.346 e. The van der Waals surface area contributed by atoms with Crippen molar-refractivity contribution in [3.63, 3.8) is 0 Å². The fourth-order valence-electron chi connectivity index (χ4n) is 2.22. The molecule has 2 rings (SSSR count). The van der Waals surface area contributed by atoms with Gasteiger partial charge in [0, 0.05) is 19.1 Å². The van der Waals surface area contributed by atoms with Crippen molar-refractivity contribution in [2.75, 3.05) is 24.5 Å². The van der Waals surface area contributed by atoms with Crippen LogP contribution >= 0.6 is 11.3 Å². The van der Waals surface area contributed by atoms with Crippen LogP contribution in [-0.4, -0.2) is 35.9 Å². The Morgan fingerprint density at radius 2 is 2.29 bits per heavy atom. The standard InChI is InChI=1S/C12H22N4S/c1-9(2)13-7-11-5-4-6-16(8-11)12-15-14-10(3)17-12/h9,11,13H,4-8H2,1-3H3. The zero-order valence-corrected chi connectivity index (χ0v) is 11.8. The number of aromatic nitrogens is 2. The topological polar surface area (TPSA) is 41.1 Å². The quantitative estimate of drug-likeness (QED) is 0.893. The number of nitrogens with one attached hydrogen (secondary N) is 1. The summed E-state index contributed by atoms with van der Waals surface area (Å²) in [5.74, 6) is 0.746. The van der Waals surface area contributed by atoms with E-state index in [4.69, 9.17) is 0 Å². The first-order chi connectivity index (χ1) is 8.15. The Morgan fingerprint density at radius 3 is 2.94 bits per heavy atom. The van der Waals surface area contributed by atoms with Crippen LogP contribution in [0, 0.1) is 12.8 Å². The van der Waals surface area contributed by atoms with Gasteiger partial charge in [-0.2, -0.15) is 0 Å². The van der Waals surface area contributed by atoms with Crippen LogP contribution in [0.3, 0.4) is 0 Å². The molecule has 96 valence electrons. The van der Waals surface area contributed by atoms with Gasteiger partial charge in [0.2, 0.25) is 5.13 Å². The summed E-state index contributed by atoms with van der Waals surface area (Å²) in [6.45, 7) is 9.79. The number of piperidine rings is 1. The molecule has 1 unspecified atom stereocenters. The van der Waals surface area contributed by atoms with E-state index in [1.54, 1.807) is 11.3 Å². The molecule has 0 aromatic carbocycles. The van der Waals surface area contributed by atoms with Crippen molar-refractivity contribution in [2.45, 2.75) is 39.7 Å². The summed E-state index contributed by atoms with van der Waals surface area (Å²) in [6, 6.07) is 0.578. The zero-order chi connectivity index (χ0) is 12.3. The summed E-state index contributed by atoms with van der Waals surface area (Å²) in [4.78, 5) is 2.39. The van der Waals surface area contributed by atoms with Gasteiger partial charge in [0.25, 0.3) is 0 Å². The molecule has 1 atom stereocenters.